The maximum Gasteiger partial charge on any atom is 0.129 e. The Morgan fingerprint density at radius 2 is 2.44 bits per heavy atom. The van der Waals surface area contributed by atoms with Gasteiger partial charge in [0.2, 0.25) is 0 Å². The van der Waals surface area contributed by atoms with Gasteiger partial charge >= 0.3 is 0 Å². The SMILES string of the molecule is Cc1nc(N2CCOCC2CO)ccc1N. The second kappa shape index (κ2) is 4.67. The van der Waals surface area contributed by atoms with Gasteiger partial charge in [-0.1, -0.05) is 0 Å². The normalized spacial score (nSPS) is 21.1. The van der Waals surface area contributed by atoms with Crippen LogP contribution in [0.1, 0.15) is 5.69 Å². The molecule has 88 valence electrons. The van der Waals surface area contributed by atoms with Gasteiger partial charge in [-0.3, -0.25) is 0 Å². The van der Waals surface area contributed by atoms with E-state index < -0.39 is 0 Å². The molecule has 3 N–H and O–H groups in total. The van der Waals surface area contributed by atoms with Crippen LogP contribution in [0, 0.1) is 6.92 Å². The highest BCUT2D eigenvalue weighted by molar-refractivity contribution is 5.51. The lowest BCUT2D eigenvalue weighted by Gasteiger charge is -2.35. The van der Waals surface area contributed by atoms with E-state index in [1.54, 1.807) is 0 Å². The second-order valence-electron chi connectivity index (χ2n) is 3.95. The van der Waals surface area contributed by atoms with E-state index in [9.17, 15) is 5.11 Å². The lowest BCUT2D eigenvalue weighted by molar-refractivity contribution is 0.0723. The van der Waals surface area contributed by atoms with E-state index >= 15 is 0 Å². The van der Waals surface area contributed by atoms with Crippen LogP contribution in [0.5, 0.6) is 0 Å². The molecule has 1 aliphatic heterocycles. The van der Waals surface area contributed by atoms with Crippen LogP contribution in [0.3, 0.4) is 0 Å². The maximum atomic E-state index is 9.27. The largest absolute Gasteiger partial charge is 0.397 e. The van der Waals surface area contributed by atoms with Crippen LogP contribution < -0.4 is 10.6 Å². The second-order valence-corrected chi connectivity index (χ2v) is 3.95. The van der Waals surface area contributed by atoms with Crippen LogP contribution in [-0.4, -0.2) is 42.5 Å². The molecule has 1 aromatic rings. The van der Waals surface area contributed by atoms with Gasteiger partial charge < -0.3 is 20.5 Å². The first kappa shape index (κ1) is 11.2. The number of hydrogen-bond acceptors (Lipinski definition) is 5. The summed E-state index contributed by atoms with van der Waals surface area (Å²) in [6.45, 7) is 3.92. The van der Waals surface area contributed by atoms with Gasteiger partial charge in [-0.05, 0) is 19.1 Å². The predicted molar refractivity (Wildman–Crippen MR) is 62.4 cm³/mol. The molecule has 0 aromatic carbocycles. The van der Waals surface area contributed by atoms with Crippen molar-refractivity contribution in [2.75, 3.05) is 37.0 Å². The molecule has 1 unspecified atom stereocenters. The number of rotatable bonds is 2. The standard InChI is InChI=1S/C11H17N3O2/c1-8-10(12)2-3-11(13-8)14-4-5-16-7-9(14)6-15/h2-3,9,15H,4-7,12H2,1H3. The van der Waals surface area contributed by atoms with Crippen LogP contribution in [0.4, 0.5) is 11.5 Å². The molecular formula is C11H17N3O2. The summed E-state index contributed by atoms with van der Waals surface area (Å²) >= 11 is 0. The zero-order valence-electron chi connectivity index (χ0n) is 9.39. The van der Waals surface area contributed by atoms with Crippen LogP contribution >= 0.6 is 0 Å². The summed E-state index contributed by atoms with van der Waals surface area (Å²) in [5.41, 5.74) is 7.24. The third-order valence-electron chi connectivity index (χ3n) is 2.84. The van der Waals surface area contributed by atoms with Gasteiger partial charge in [-0.15, -0.1) is 0 Å². The van der Waals surface area contributed by atoms with Crippen LogP contribution in [0.25, 0.3) is 0 Å². The van der Waals surface area contributed by atoms with Gasteiger partial charge in [-0.25, -0.2) is 4.98 Å². The van der Waals surface area contributed by atoms with Crippen molar-refractivity contribution in [2.45, 2.75) is 13.0 Å². The molecule has 0 aliphatic carbocycles. The summed E-state index contributed by atoms with van der Waals surface area (Å²) in [4.78, 5) is 6.49. The molecule has 0 amide bonds. The highest BCUT2D eigenvalue weighted by Crippen LogP contribution is 2.20. The first-order valence-electron chi connectivity index (χ1n) is 5.40. The number of hydrogen-bond donors (Lipinski definition) is 2. The van der Waals surface area contributed by atoms with Crippen molar-refractivity contribution in [3.63, 3.8) is 0 Å². The lowest BCUT2D eigenvalue weighted by Crippen LogP contribution is -2.48. The summed E-state index contributed by atoms with van der Waals surface area (Å²) in [6, 6.07) is 3.72. The van der Waals surface area contributed by atoms with E-state index in [1.165, 1.54) is 0 Å². The molecule has 1 atom stereocenters. The van der Waals surface area contributed by atoms with E-state index in [1.807, 2.05) is 19.1 Å². The van der Waals surface area contributed by atoms with E-state index in [2.05, 4.69) is 9.88 Å². The van der Waals surface area contributed by atoms with Crippen molar-refractivity contribution in [2.24, 2.45) is 0 Å². The summed E-state index contributed by atoms with van der Waals surface area (Å²) in [6.07, 6.45) is 0. The van der Waals surface area contributed by atoms with Gasteiger partial charge in [0.25, 0.3) is 0 Å². The molecule has 5 heteroatoms. The van der Waals surface area contributed by atoms with Gasteiger partial charge in [0.05, 0.1) is 37.2 Å². The van der Waals surface area contributed by atoms with Crippen molar-refractivity contribution in [3.8, 4) is 0 Å². The van der Waals surface area contributed by atoms with Crippen LogP contribution in [0.15, 0.2) is 12.1 Å². The Balaban J connectivity index is 2.23. The van der Waals surface area contributed by atoms with Gasteiger partial charge in [0, 0.05) is 6.54 Å². The number of morpholine rings is 1. The minimum absolute atomic E-state index is 0.00993. The fourth-order valence-corrected chi connectivity index (χ4v) is 1.83. The molecule has 1 saturated heterocycles. The average Bonchev–Trinajstić information content (AvgIpc) is 2.32. The van der Waals surface area contributed by atoms with Crippen molar-refractivity contribution in [3.05, 3.63) is 17.8 Å². The zero-order chi connectivity index (χ0) is 11.5. The third kappa shape index (κ3) is 2.10. The number of aliphatic hydroxyl groups excluding tert-OH is 1. The number of nitrogen functional groups attached to an aromatic ring is 1. The fraction of sp³-hybridized carbons (Fsp3) is 0.545. The number of aromatic nitrogens is 1. The Bertz CT molecular complexity index is 370. The summed E-state index contributed by atoms with van der Waals surface area (Å²) in [5, 5.41) is 9.27. The number of nitrogens with two attached hydrogens (primary N) is 1. The molecule has 0 radical (unpaired) electrons. The monoisotopic (exact) mass is 223 g/mol. The lowest BCUT2D eigenvalue weighted by atomic mass is 10.2. The Kier molecular flexibility index (Phi) is 3.26. The molecule has 1 aromatic heterocycles. The zero-order valence-corrected chi connectivity index (χ0v) is 9.39. The number of anilines is 2. The Labute approximate surface area is 94.8 Å². The quantitative estimate of drug-likeness (QED) is 0.748. The van der Waals surface area contributed by atoms with Crippen molar-refractivity contribution in [1.82, 2.24) is 4.98 Å². The minimum atomic E-state index is -0.00993. The van der Waals surface area contributed by atoms with Crippen molar-refractivity contribution < 1.29 is 9.84 Å². The number of nitrogens with zero attached hydrogens (tertiary/aromatic N) is 2. The Hall–Kier alpha value is -1.33. The molecule has 2 heterocycles. The summed E-state index contributed by atoms with van der Waals surface area (Å²) in [5.74, 6) is 0.856. The van der Waals surface area contributed by atoms with Gasteiger partial charge in [-0.2, -0.15) is 0 Å². The first-order chi connectivity index (χ1) is 7.72. The first-order valence-corrected chi connectivity index (χ1v) is 5.40. The van der Waals surface area contributed by atoms with E-state index in [0.29, 0.717) is 18.9 Å². The highest BCUT2D eigenvalue weighted by atomic mass is 16.5. The molecule has 1 aliphatic rings. The summed E-state index contributed by atoms with van der Waals surface area (Å²) in [7, 11) is 0. The van der Waals surface area contributed by atoms with Gasteiger partial charge in [0.1, 0.15) is 5.82 Å². The molecule has 0 saturated carbocycles. The average molecular weight is 223 g/mol. The van der Waals surface area contributed by atoms with E-state index in [0.717, 1.165) is 18.1 Å². The van der Waals surface area contributed by atoms with Crippen molar-refractivity contribution >= 4 is 11.5 Å². The van der Waals surface area contributed by atoms with E-state index in [-0.39, 0.29) is 12.6 Å². The molecular weight excluding hydrogens is 206 g/mol. The van der Waals surface area contributed by atoms with Crippen LogP contribution in [0.2, 0.25) is 0 Å². The smallest absolute Gasteiger partial charge is 0.129 e. The summed E-state index contributed by atoms with van der Waals surface area (Å²) < 4.78 is 5.32. The fourth-order valence-electron chi connectivity index (χ4n) is 1.83. The predicted octanol–water partition coefficient (Wildman–Crippen LogP) is 0.170. The number of ether oxygens (including phenoxy) is 1. The molecule has 5 nitrogen and oxygen atoms in total. The Morgan fingerprint density at radius 1 is 1.62 bits per heavy atom. The number of aryl methyl sites for hydroxylation is 1. The molecule has 16 heavy (non-hydrogen) atoms. The van der Waals surface area contributed by atoms with E-state index in [4.69, 9.17) is 10.5 Å². The number of pyridine rings is 1. The van der Waals surface area contributed by atoms with Crippen LogP contribution in [-0.2, 0) is 4.74 Å². The number of aliphatic hydroxyl groups is 1. The van der Waals surface area contributed by atoms with Gasteiger partial charge in [0.15, 0.2) is 0 Å². The molecule has 0 bridgehead atoms. The van der Waals surface area contributed by atoms with Crippen molar-refractivity contribution in [1.29, 1.82) is 0 Å². The molecule has 1 fully saturated rings. The highest BCUT2D eigenvalue weighted by Gasteiger charge is 2.23. The maximum absolute atomic E-state index is 9.27. The minimum Gasteiger partial charge on any atom is -0.397 e. The third-order valence-corrected chi connectivity index (χ3v) is 2.84. The molecule has 0 spiro atoms. The molecule has 2 rings (SSSR count). The Morgan fingerprint density at radius 3 is 3.12 bits per heavy atom. The topological polar surface area (TPSA) is 71.6 Å².